The summed E-state index contributed by atoms with van der Waals surface area (Å²) in [5.74, 6) is 0.761. The number of ether oxygens (including phenoxy) is 1. The summed E-state index contributed by atoms with van der Waals surface area (Å²) < 4.78 is 9.74. The molecule has 1 spiro atoms. The third-order valence-electron chi connectivity index (χ3n) is 8.42. The zero-order valence-corrected chi connectivity index (χ0v) is 18.4. The van der Waals surface area contributed by atoms with Crippen molar-refractivity contribution in [1.29, 1.82) is 0 Å². The van der Waals surface area contributed by atoms with Crippen LogP contribution in [0.1, 0.15) is 47.6 Å². The Hall–Kier alpha value is -3.13. The Morgan fingerprint density at radius 1 is 1.15 bits per heavy atom. The summed E-state index contributed by atoms with van der Waals surface area (Å²) >= 11 is 0. The molecular weight excluding hydrogens is 418 g/mol. The minimum absolute atomic E-state index is 0.00820. The normalized spacial score (nSPS) is 26.8. The molecule has 0 bridgehead atoms. The highest BCUT2D eigenvalue weighted by Crippen LogP contribution is 2.59. The molecule has 1 saturated heterocycles. The van der Waals surface area contributed by atoms with Gasteiger partial charge in [-0.3, -0.25) is 4.79 Å². The Kier molecular flexibility index (Phi) is 4.07. The van der Waals surface area contributed by atoms with Crippen LogP contribution in [0, 0.1) is 11.3 Å². The van der Waals surface area contributed by atoms with E-state index in [0.29, 0.717) is 31.1 Å². The molecule has 1 amide bonds. The summed E-state index contributed by atoms with van der Waals surface area (Å²) in [5, 5.41) is 15.8. The van der Waals surface area contributed by atoms with Crippen molar-refractivity contribution in [3.8, 4) is 17.1 Å². The van der Waals surface area contributed by atoms with Gasteiger partial charge in [-0.15, -0.1) is 0 Å². The number of imidazole rings is 1. The van der Waals surface area contributed by atoms with E-state index in [4.69, 9.17) is 4.74 Å². The highest BCUT2D eigenvalue weighted by atomic mass is 16.5. The van der Waals surface area contributed by atoms with Crippen LogP contribution in [0.5, 0.6) is 5.88 Å². The van der Waals surface area contributed by atoms with E-state index in [2.05, 4.69) is 38.9 Å². The van der Waals surface area contributed by atoms with Gasteiger partial charge < -0.3 is 19.3 Å². The first-order chi connectivity index (χ1) is 16.2. The molecule has 0 radical (unpaired) electrons. The number of benzene rings is 1. The lowest BCUT2D eigenvalue weighted by molar-refractivity contribution is -0.154. The van der Waals surface area contributed by atoms with Crippen molar-refractivity contribution in [2.75, 3.05) is 19.7 Å². The molecule has 1 aliphatic carbocycles. The van der Waals surface area contributed by atoms with E-state index in [1.165, 1.54) is 11.1 Å². The van der Waals surface area contributed by atoms with Gasteiger partial charge in [-0.1, -0.05) is 24.3 Å². The Labute approximate surface area is 191 Å². The third kappa shape index (κ3) is 2.64. The summed E-state index contributed by atoms with van der Waals surface area (Å²) in [4.78, 5) is 19.4. The molecule has 0 unspecified atom stereocenters. The van der Waals surface area contributed by atoms with Crippen molar-refractivity contribution in [3.63, 3.8) is 0 Å². The van der Waals surface area contributed by atoms with Crippen LogP contribution >= 0.6 is 0 Å². The van der Waals surface area contributed by atoms with E-state index in [1.807, 2.05) is 17.4 Å². The maximum absolute atomic E-state index is 13.2. The number of likely N-dealkylation sites (tertiary alicyclic amines) is 1. The zero-order chi connectivity index (χ0) is 22.2. The second-order valence-corrected chi connectivity index (χ2v) is 9.97. The molecule has 1 N–H and O–H groups in total. The number of rotatable bonds is 2. The maximum atomic E-state index is 13.2. The van der Waals surface area contributed by atoms with Gasteiger partial charge in [0.2, 0.25) is 5.88 Å². The van der Waals surface area contributed by atoms with E-state index in [1.54, 1.807) is 10.9 Å². The lowest BCUT2D eigenvalue weighted by Crippen LogP contribution is -2.59. The van der Waals surface area contributed by atoms with Crippen LogP contribution in [-0.4, -0.2) is 61.0 Å². The number of fused-ring (bicyclic) bond motifs is 4. The standard InChI is InChI=1S/C25H27N5O3/c31-22-18(21-17-5-2-1-4-16(17)20-14-26-15-29(20)21)12-25(22)6-9-28(10-7-25)23(32)19-13-27-30-8-3-11-33-24(19)30/h1-2,4-5,13-15,18,21-22,31H,3,6-12H2/t18-,21+,22+/m0/s1. The molecule has 1 saturated carbocycles. The number of aliphatic hydroxyl groups excluding tert-OH is 1. The Morgan fingerprint density at radius 3 is 2.85 bits per heavy atom. The maximum Gasteiger partial charge on any atom is 0.260 e. The Balaban J connectivity index is 1.07. The zero-order valence-electron chi connectivity index (χ0n) is 18.4. The highest BCUT2D eigenvalue weighted by molar-refractivity contribution is 5.96. The van der Waals surface area contributed by atoms with E-state index in [0.717, 1.165) is 37.9 Å². The van der Waals surface area contributed by atoms with E-state index in [9.17, 15) is 9.90 Å². The van der Waals surface area contributed by atoms with Gasteiger partial charge in [0.05, 0.1) is 43.2 Å². The van der Waals surface area contributed by atoms with Gasteiger partial charge in [0.1, 0.15) is 5.56 Å². The molecule has 1 aromatic carbocycles. The predicted octanol–water partition coefficient (Wildman–Crippen LogP) is 2.74. The minimum atomic E-state index is -0.381. The smallest absolute Gasteiger partial charge is 0.260 e. The van der Waals surface area contributed by atoms with Crippen molar-refractivity contribution >= 4 is 5.91 Å². The second-order valence-electron chi connectivity index (χ2n) is 9.97. The topological polar surface area (TPSA) is 85.4 Å². The molecule has 3 aromatic rings. The lowest BCUT2D eigenvalue weighted by atomic mass is 9.53. The van der Waals surface area contributed by atoms with Gasteiger partial charge in [-0.2, -0.15) is 5.10 Å². The van der Waals surface area contributed by atoms with Crippen LogP contribution in [0.25, 0.3) is 11.3 Å². The van der Waals surface area contributed by atoms with E-state index >= 15 is 0 Å². The number of piperidine rings is 1. The molecule has 170 valence electrons. The summed E-state index contributed by atoms with van der Waals surface area (Å²) in [7, 11) is 0. The van der Waals surface area contributed by atoms with Crippen molar-refractivity contribution in [2.24, 2.45) is 11.3 Å². The van der Waals surface area contributed by atoms with Crippen LogP contribution in [0.15, 0.2) is 43.0 Å². The highest BCUT2D eigenvalue weighted by Gasteiger charge is 2.58. The van der Waals surface area contributed by atoms with Gasteiger partial charge in [0.25, 0.3) is 5.91 Å². The predicted molar refractivity (Wildman–Crippen MR) is 120 cm³/mol. The molecule has 33 heavy (non-hydrogen) atoms. The molecule has 2 aromatic heterocycles. The van der Waals surface area contributed by atoms with Crippen molar-refractivity contribution < 1.29 is 14.6 Å². The monoisotopic (exact) mass is 445 g/mol. The number of aryl methyl sites for hydroxylation is 1. The first kappa shape index (κ1) is 19.3. The van der Waals surface area contributed by atoms with Crippen molar-refractivity contribution in [3.05, 3.63) is 54.1 Å². The second kappa shape index (κ2) is 6.93. The average Bonchev–Trinajstić information content (AvgIpc) is 3.57. The van der Waals surface area contributed by atoms with Crippen LogP contribution in [0.3, 0.4) is 0 Å². The van der Waals surface area contributed by atoms with Gasteiger partial charge >= 0.3 is 0 Å². The Morgan fingerprint density at radius 2 is 2.00 bits per heavy atom. The molecule has 2 fully saturated rings. The number of aromatic nitrogens is 4. The van der Waals surface area contributed by atoms with Crippen LogP contribution in [0.2, 0.25) is 0 Å². The molecule has 7 rings (SSSR count). The van der Waals surface area contributed by atoms with Crippen LogP contribution < -0.4 is 4.74 Å². The average molecular weight is 446 g/mol. The molecule has 5 heterocycles. The van der Waals surface area contributed by atoms with Crippen LogP contribution in [-0.2, 0) is 6.54 Å². The molecule has 3 atom stereocenters. The summed E-state index contributed by atoms with van der Waals surface area (Å²) in [6, 6.07) is 8.60. The summed E-state index contributed by atoms with van der Waals surface area (Å²) in [6.45, 7) is 2.74. The van der Waals surface area contributed by atoms with E-state index < -0.39 is 0 Å². The number of hydrogen-bond donors (Lipinski definition) is 1. The fourth-order valence-electron chi connectivity index (χ4n) is 6.63. The van der Waals surface area contributed by atoms with Crippen LogP contribution in [0.4, 0.5) is 0 Å². The van der Waals surface area contributed by atoms with Gasteiger partial charge in [-0.05, 0) is 24.8 Å². The molecule has 8 heteroatoms. The number of carbonyl (C=O) groups is 1. The molecular formula is C25H27N5O3. The molecule has 4 aliphatic rings. The molecule has 3 aliphatic heterocycles. The lowest BCUT2D eigenvalue weighted by Gasteiger charge is -2.57. The Bertz CT molecular complexity index is 1240. The number of hydrogen-bond acceptors (Lipinski definition) is 5. The van der Waals surface area contributed by atoms with Crippen molar-refractivity contribution in [2.45, 2.75) is 44.4 Å². The molecule has 8 nitrogen and oxygen atoms in total. The van der Waals surface area contributed by atoms with E-state index in [-0.39, 0.29) is 29.4 Å². The minimum Gasteiger partial charge on any atom is -0.477 e. The number of amides is 1. The number of carbonyl (C=O) groups excluding carboxylic acids is 1. The number of aliphatic hydroxyl groups is 1. The number of nitrogens with zero attached hydrogens (tertiary/aromatic N) is 5. The third-order valence-corrected chi connectivity index (χ3v) is 8.42. The van der Waals surface area contributed by atoms with Crippen molar-refractivity contribution in [1.82, 2.24) is 24.2 Å². The SMILES string of the molecule is O=C(c1cnn2c1OCCC2)N1CCC2(CC1)C[C@@H]([C@H]1c3ccccc3-c3cncn31)[C@H]2O. The van der Waals surface area contributed by atoms with Gasteiger partial charge in [0, 0.05) is 43.0 Å². The van der Waals surface area contributed by atoms with Gasteiger partial charge in [-0.25, -0.2) is 9.67 Å². The fraction of sp³-hybridized carbons (Fsp3) is 0.480. The largest absolute Gasteiger partial charge is 0.477 e. The van der Waals surface area contributed by atoms with Gasteiger partial charge in [0.15, 0.2) is 0 Å². The summed E-state index contributed by atoms with van der Waals surface area (Å²) in [5.41, 5.74) is 4.10. The summed E-state index contributed by atoms with van der Waals surface area (Å²) in [6.07, 6.45) is 8.61. The first-order valence-electron chi connectivity index (χ1n) is 11.9. The fourth-order valence-corrected chi connectivity index (χ4v) is 6.63. The quantitative estimate of drug-likeness (QED) is 0.656. The first-order valence-corrected chi connectivity index (χ1v) is 11.9.